The van der Waals surface area contributed by atoms with Gasteiger partial charge in [-0.05, 0) is 96.7 Å². The number of benzene rings is 2. The highest BCUT2D eigenvalue weighted by Gasteiger charge is 2.49. The Balaban J connectivity index is 0.000000159. The molecule has 2 atom stereocenters. The number of amidine groups is 2. The van der Waals surface area contributed by atoms with Gasteiger partial charge in [0.05, 0.1) is 22.5 Å². The molecule has 17 heteroatoms. The summed E-state index contributed by atoms with van der Waals surface area (Å²) in [7, 11) is 0. The lowest BCUT2D eigenvalue weighted by Crippen LogP contribution is -2.70. The fourth-order valence-electron chi connectivity index (χ4n) is 9.02. The molecule has 300 valence electrons. The number of hydrazone groups is 2. The van der Waals surface area contributed by atoms with Crippen LogP contribution in [-0.4, -0.2) is 116 Å². The number of hydrogen-bond donors (Lipinski definition) is 3. The van der Waals surface area contributed by atoms with E-state index in [-0.39, 0.29) is 53.5 Å². The standard InChI is InChI=1S/C22H29N5O4.C17H21N5O2.ClH/c1-13-19(28)24-23-18-10-30-17-8-14-6-7-26(15(14)9-16(17)27(13)18)22(5)11-25(12-22)20(29)31-21(2,3)4;1-10-16(23)20-19-15-7-24-14-5-11-3-4-21(17(2)8-18-9-17)12(11)6-13(14)22(10)15;/h8-9,13H,6-7,10-12H2,1-5H3,(H,24,28);5-6,10,18H,3-4,7-9H2,1-2H3,(H,20,23);1H/t13-;10-;/m11./s1. The van der Waals surface area contributed by atoms with Gasteiger partial charge in [0.2, 0.25) is 0 Å². The number of anilines is 4. The Hall–Kier alpha value is -4.96. The van der Waals surface area contributed by atoms with E-state index in [1.54, 1.807) is 4.90 Å². The minimum Gasteiger partial charge on any atom is -0.483 e. The summed E-state index contributed by atoms with van der Waals surface area (Å²) in [4.78, 5) is 47.3. The Morgan fingerprint density at radius 1 is 0.768 bits per heavy atom. The first-order chi connectivity index (χ1) is 26.1. The molecule has 10 rings (SSSR count). The molecule has 16 nitrogen and oxygen atoms in total. The van der Waals surface area contributed by atoms with Crippen molar-refractivity contribution < 1.29 is 28.6 Å². The van der Waals surface area contributed by atoms with Crippen LogP contribution in [0.1, 0.15) is 59.6 Å². The number of carbonyl (C=O) groups is 3. The molecule has 0 radical (unpaired) electrons. The van der Waals surface area contributed by atoms with Crippen LogP contribution in [0.4, 0.5) is 27.5 Å². The van der Waals surface area contributed by atoms with Gasteiger partial charge in [-0.25, -0.2) is 15.6 Å². The van der Waals surface area contributed by atoms with E-state index in [1.165, 1.54) is 16.8 Å². The summed E-state index contributed by atoms with van der Waals surface area (Å²) >= 11 is 0. The summed E-state index contributed by atoms with van der Waals surface area (Å²) < 4.78 is 17.4. The van der Waals surface area contributed by atoms with Crippen LogP contribution in [0.15, 0.2) is 34.5 Å². The zero-order valence-corrected chi connectivity index (χ0v) is 33.8. The van der Waals surface area contributed by atoms with Crippen molar-refractivity contribution in [1.82, 2.24) is 21.1 Å². The van der Waals surface area contributed by atoms with E-state index in [9.17, 15) is 14.4 Å². The number of nitrogens with zero attached hydrogens (tertiary/aromatic N) is 7. The number of ether oxygens (including phenoxy) is 3. The van der Waals surface area contributed by atoms with Crippen molar-refractivity contribution in [3.63, 3.8) is 0 Å². The highest BCUT2D eigenvalue weighted by molar-refractivity contribution is 6.10. The van der Waals surface area contributed by atoms with Crippen LogP contribution in [0.5, 0.6) is 11.5 Å². The number of likely N-dealkylation sites (tertiary alicyclic amines) is 1. The van der Waals surface area contributed by atoms with Gasteiger partial charge < -0.3 is 44.0 Å². The van der Waals surface area contributed by atoms with Gasteiger partial charge in [0, 0.05) is 50.6 Å². The number of rotatable bonds is 2. The number of hydrogen-bond acceptors (Lipinski definition) is 13. The van der Waals surface area contributed by atoms with E-state index in [0.717, 1.165) is 73.4 Å². The smallest absolute Gasteiger partial charge is 0.410 e. The van der Waals surface area contributed by atoms with Crippen molar-refractivity contribution in [2.45, 2.75) is 90.1 Å². The van der Waals surface area contributed by atoms with Crippen molar-refractivity contribution in [1.29, 1.82) is 0 Å². The van der Waals surface area contributed by atoms with Crippen molar-refractivity contribution in [2.75, 3.05) is 72.1 Å². The molecule has 2 saturated heterocycles. The van der Waals surface area contributed by atoms with Crippen LogP contribution in [-0.2, 0) is 27.2 Å². The van der Waals surface area contributed by atoms with E-state index < -0.39 is 5.60 Å². The summed E-state index contributed by atoms with van der Waals surface area (Å²) in [6, 6.07) is 7.90. The Kier molecular flexibility index (Phi) is 9.03. The van der Waals surface area contributed by atoms with E-state index in [2.05, 4.69) is 74.3 Å². The van der Waals surface area contributed by atoms with E-state index in [0.29, 0.717) is 32.1 Å². The van der Waals surface area contributed by atoms with Crippen LogP contribution in [0.2, 0.25) is 0 Å². The Labute approximate surface area is 332 Å². The topological polar surface area (TPSA) is 156 Å². The van der Waals surface area contributed by atoms with Gasteiger partial charge in [-0.3, -0.25) is 9.59 Å². The van der Waals surface area contributed by atoms with Gasteiger partial charge in [-0.15, -0.1) is 12.4 Å². The van der Waals surface area contributed by atoms with Crippen molar-refractivity contribution in [3.8, 4) is 11.5 Å². The molecule has 8 aliphatic rings. The Bertz CT molecular complexity index is 2060. The van der Waals surface area contributed by atoms with Gasteiger partial charge in [0.15, 0.2) is 11.7 Å². The lowest BCUT2D eigenvalue weighted by Gasteiger charge is -2.53. The highest BCUT2D eigenvalue weighted by Crippen LogP contribution is 2.47. The van der Waals surface area contributed by atoms with Gasteiger partial charge in [-0.2, -0.15) is 10.2 Å². The molecule has 0 spiro atoms. The Morgan fingerprint density at radius 2 is 1.23 bits per heavy atom. The number of fused-ring (bicyclic) bond motifs is 8. The normalized spacial score (nSPS) is 24.4. The molecule has 8 aliphatic heterocycles. The fourth-order valence-corrected chi connectivity index (χ4v) is 9.02. The van der Waals surface area contributed by atoms with Crippen LogP contribution in [0, 0.1) is 0 Å². The van der Waals surface area contributed by atoms with E-state index >= 15 is 0 Å². The molecule has 0 bridgehead atoms. The molecule has 0 aliphatic carbocycles. The monoisotopic (exact) mass is 790 g/mol. The van der Waals surface area contributed by atoms with E-state index in [4.69, 9.17) is 14.2 Å². The van der Waals surface area contributed by atoms with Crippen molar-refractivity contribution in [3.05, 3.63) is 35.4 Å². The molecule has 3 N–H and O–H groups in total. The third-order valence-corrected chi connectivity index (χ3v) is 12.1. The molecule has 56 heavy (non-hydrogen) atoms. The van der Waals surface area contributed by atoms with Gasteiger partial charge in [0.1, 0.15) is 42.4 Å². The molecular formula is C39H51ClN10O6. The molecule has 0 unspecified atom stereocenters. The molecule has 8 heterocycles. The number of halogens is 1. The minimum atomic E-state index is -0.501. The van der Waals surface area contributed by atoms with Gasteiger partial charge in [-0.1, -0.05) is 0 Å². The maximum Gasteiger partial charge on any atom is 0.410 e. The van der Waals surface area contributed by atoms with Gasteiger partial charge >= 0.3 is 6.09 Å². The second kappa shape index (κ2) is 13.3. The minimum absolute atomic E-state index is 0. The maximum atomic E-state index is 12.4. The summed E-state index contributed by atoms with van der Waals surface area (Å²) in [6.07, 6.45) is 1.70. The molecule has 0 saturated carbocycles. The lowest BCUT2D eigenvalue weighted by atomic mass is 9.90. The van der Waals surface area contributed by atoms with Crippen LogP contribution in [0.3, 0.4) is 0 Å². The third kappa shape index (κ3) is 6.12. The summed E-state index contributed by atoms with van der Waals surface area (Å²) in [5.74, 6) is 2.89. The summed E-state index contributed by atoms with van der Waals surface area (Å²) in [6.45, 7) is 19.8. The number of amides is 3. The molecule has 0 aromatic heterocycles. The highest BCUT2D eigenvalue weighted by atomic mass is 35.5. The zero-order chi connectivity index (χ0) is 38.6. The van der Waals surface area contributed by atoms with Gasteiger partial charge in [0.25, 0.3) is 11.8 Å². The molecule has 3 amide bonds. The largest absolute Gasteiger partial charge is 0.483 e. The average Bonchev–Trinajstić information content (AvgIpc) is 3.73. The summed E-state index contributed by atoms with van der Waals surface area (Å²) in [5.41, 5.74) is 11.4. The maximum absolute atomic E-state index is 12.4. The van der Waals surface area contributed by atoms with Crippen molar-refractivity contribution in [2.24, 2.45) is 10.2 Å². The van der Waals surface area contributed by atoms with Crippen molar-refractivity contribution >= 4 is 64.7 Å². The average molecular weight is 791 g/mol. The second-order valence-electron chi connectivity index (χ2n) is 17.3. The fraction of sp³-hybridized carbons (Fsp3) is 0.564. The van der Waals surface area contributed by atoms with Crippen LogP contribution >= 0.6 is 12.4 Å². The van der Waals surface area contributed by atoms with Crippen LogP contribution in [0.25, 0.3) is 0 Å². The molecule has 2 aromatic rings. The molecule has 2 aromatic carbocycles. The predicted molar refractivity (Wildman–Crippen MR) is 216 cm³/mol. The first-order valence-electron chi connectivity index (χ1n) is 19.3. The quantitative estimate of drug-likeness (QED) is 0.412. The SMILES string of the molecule is C[C@@H]1C(=O)NN=C2COc3cc4c(cc3N21)N(C1(C)CN(C(=O)OC(C)(C)C)C1)CC4.C[C@@H]1C(=O)NN=C2COc3cc4c(cc3N21)N(C1(C)CNC1)CC4.Cl. The third-order valence-electron chi connectivity index (χ3n) is 12.1. The lowest BCUT2D eigenvalue weighted by molar-refractivity contribution is -0.123. The van der Waals surface area contributed by atoms with E-state index in [1.807, 2.05) is 44.4 Å². The first-order valence-corrected chi connectivity index (χ1v) is 19.3. The Morgan fingerprint density at radius 3 is 1.66 bits per heavy atom. The summed E-state index contributed by atoms with van der Waals surface area (Å²) in [5, 5.41) is 11.7. The second-order valence-corrected chi connectivity index (χ2v) is 17.3. The zero-order valence-electron chi connectivity index (χ0n) is 33.0. The first kappa shape index (κ1) is 37.9. The molecular weight excluding hydrogens is 740 g/mol. The predicted octanol–water partition coefficient (Wildman–Crippen LogP) is 2.95. The van der Waals surface area contributed by atoms with Crippen LogP contribution < -0.4 is 45.2 Å². The number of nitrogens with one attached hydrogen (secondary N) is 3. The number of carbonyl (C=O) groups excluding carboxylic acids is 3. The molecule has 2 fully saturated rings.